The predicted octanol–water partition coefficient (Wildman–Crippen LogP) is 3.50. The standard InChI is InChI=1S/C23H20F5N9O/c1-14-20(38-14)36-9-15(7-31-36)17-6-18-30-4-5-35(18)19(33-17)16-8-32-37(10-16)21(2-3-29)11-34(12-21)13-22(24,25)23(26,27)28/h4-10,14,20H,2,11-13H2,1H3. The van der Waals surface area contributed by atoms with Crippen LogP contribution in [0.2, 0.25) is 0 Å². The molecule has 6 heterocycles. The number of fused-ring (bicyclic) bond motifs is 1. The number of imidazole rings is 1. The summed E-state index contributed by atoms with van der Waals surface area (Å²) in [7, 11) is 0. The number of likely N-dealkylation sites (tertiary alicyclic amines) is 1. The van der Waals surface area contributed by atoms with E-state index in [2.05, 4.69) is 15.2 Å². The number of hydrogen-bond acceptors (Lipinski definition) is 7. The Morgan fingerprint density at radius 3 is 2.55 bits per heavy atom. The highest BCUT2D eigenvalue weighted by molar-refractivity contribution is 5.68. The number of aromatic nitrogens is 7. The van der Waals surface area contributed by atoms with Gasteiger partial charge in [-0.25, -0.2) is 14.6 Å². The molecule has 10 nitrogen and oxygen atoms in total. The number of rotatable bonds is 7. The molecule has 2 atom stereocenters. The summed E-state index contributed by atoms with van der Waals surface area (Å²) in [5.74, 6) is -4.37. The normalized spacial score (nSPS) is 21.4. The molecule has 2 saturated heterocycles. The number of ether oxygens (including phenoxy) is 1. The molecule has 0 saturated carbocycles. The van der Waals surface area contributed by atoms with Crippen molar-refractivity contribution in [1.82, 2.24) is 38.8 Å². The Morgan fingerprint density at radius 2 is 1.87 bits per heavy atom. The molecule has 0 bridgehead atoms. The van der Waals surface area contributed by atoms with Crippen molar-refractivity contribution in [3.8, 4) is 28.7 Å². The highest BCUT2D eigenvalue weighted by atomic mass is 19.4. The fourth-order valence-electron chi connectivity index (χ4n) is 4.79. The zero-order valence-corrected chi connectivity index (χ0v) is 19.8. The van der Waals surface area contributed by atoms with Crippen molar-refractivity contribution in [3.05, 3.63) is 43.2 Å². The van der Waals surface area contributed by atoms with E-state index in [-0.39, 0.29) is 31.8 Å². The lowest BCUT2D eigenvalue weighted by Gasteiger charge is -2.49. The summed E-state index contributed by atoms with van der Waals surface area (Å²) >= 11 is 0. The molecule has 6 rings (SSSR count). The minimum absolute atomic E-state index is 0.0785. The van der Waals surface area contributed by atoms with Gasteiger partial charge < -0.3 is 4.74 Å². The molecule has 4 aromatic heterocycles. The fourth-order valence-corrected chi connectivity index (χ4v) is 4.79. The van der Waals surface area contributed by atoms with Crippen LogP contribution in [0.4, 0.5) is 22.0 Å². The van der Waals surface area contributed by atoms with Crippen molar-refractivity contribution in [2.75, 3.05) is 19.6 Å². The summed E-state index contributed by atoms with van der Waals surface area (Å²) < 4.78 is 75.4. The maximum Gasteiger partial charge on any atom is 0.454 e. The van der Waals surface area contributed by atoms with Crippen LogP contribution in [-0.2, 0) is 10.3 Å². The number of nitriles is 1. The summed E-state index contributed by atoms with van der Waals surface area (Å²) in [6, 6.07) is 3.80. The van der Waals surface area contributed by atoms with Crippen molar-refractivity contribution in [2.24, 2.45) is 0 Å². The molecule has 2 aliphatic heterocycles. The lowest BCUT2D eigenvalue weighted by molar-refractivity contribution is -0.291. The van der Waals surface area contributed by atoms with Gasteiger partial charge in [-0.2, -0.15) is 37.4 Å². The lowest BCUT2D eigenvalue weighted by Crippen LogP contribution is -2.65. The molecule has 38 heavy (non-hydrogen) atoms. The van der Waals surface area contributed by atoms with E-state index in [4.69, 9.17) is 9.72 Å². The van der Waals surface area contributed by atoms with Crippen LogP contribution in [0.3, 0.4) is 0 Å². The molecule has 0 aliphatic carbocycles. The van der Waals surface area contributed by atoms with Gasteiger partial charge in [-0.1, -0.05) is 0 Å². The summed E-state index contributed by atoms with van der Waals surface area (Å²) in [6.07, 6.45) is 4.16. The number of epoxide rings is 1. The van der Waals surface area contributed by atoms with Gasteiger partial charge >= 0.3 is 12.1 Å². The Morgan fingerprint density at radius 1 is 1.13 bits per heavy atom. The molecular weight excluding hydrogens is 513 g/mol. The van der Waals surface area contributed by atoms with Gasteiger partial charge in [0.1, 0.15) is 23.1 Å². The zero-order chi connectivity index (χ0) is 26.9. The summed E-state index contributed by atoms with van der Waals surface area (Å²) in [6.45, 7) is 0.110. The molecule has 4 aromatic rings. The average molecular weight is 533 g/mol. The summed E-state index contributed by atoms with van der Waals surface area (Å²) in [5.41, 5.74) is 1.47. The molecular formula is C23H20F5N9O. The van der Waals surface area contributed by atoms with E-state index in [1.165, 1.54) is 10.9 Å². The number of alkyl halides is 5. The maximum absolute atomic E-state index is 13.5. The van der Waals surface area contributed by atoms with Crippen LogP contribution in [0.5, 0.6) is 0 Å². The van der Waals surface area contributed by atoms with E-state index in [0.29, 0.717) is 22.7 Å². The SMILES string of the molecule is CC1OC1n1cc(-c2cc3nccn3c(-c3cnn(C4(CC#N)CN(CC(F)(F)C(F)(F)F)C4)c3)n2)cn1. The third-order valence-electron chi connectivity index (χ3n) is 6.83. The molecule has 0 N–H and O–H groups in total. The highest BCUT2D eigenvalue weighted by Crippen LogP contribution is 2.40. The van der Waals surface area contributed by atoms with Crippen LogP contribution in [0, 0.1) is 11.3 Å². The molecule has 2 aliphatic rings. The van der Waals surface area contributed by atoms with Crippen LogP contribution >= 0.6 is 0 Å². The molecule has 0 amide bonds. The Balaban J connectivity index is 1.29. The first-order valence-corrected chi connectivity index (χ1v) is 11.6. The van der Waals surface area contributed by atoms with Gasteiger partial charge in [0.05, 0.1) is 42.7 Å². The molecule has 0 radical (unpaired) electrons. The quantitative estimate of drug-likeness (QED) is 0.265. The van der Waals surface area contributed by atoms with E-state index < -0.39 is 24.2 Å². The first-order chi connectivity index (χ1) is 18.0. The van der Waals surface area contributed by atoms with Crippen molar-refractivity contribution in [1.29, 1.82) is 5.26 Å². The van der Waals surface area contributed by atoms with Gasteiger partial charge in [-0.3, -0.25) is 14.0 Å². The largest absolute Gasteiger partial charge is 0.454 e. The molecule has 15 heteroatoms. The minimum atomic E-state index is -5.65. The van der Waals surface area contributed by atoms with Crippen LogP contribution in [0.1, 0.15) is 19.6 Å². The lowest BCUT2D eigenvalue weighted by atomic mass is 9.86. The van der Waals surface area contributed by atoms with Crippen LogP contribution in [0.25, 0.3) is 28.3 Å². The smallest absolute Gasteiger partial charge is 0.346 e. The molecule has 198 valence electrons. The van der Waals surface area contributed by atoms with Gasteiger partial charge in [0.25, 0.3) is 0 Å². The second-order valence-electron chi connectivity index (χ2n) is 9.64. The van der Waals surface area contributed by atoms with Crippen molar-refractivity contribution in [2.45, 2.75) is 43.3 Å². The summed E-state index contributed by atoms with van der Waals surface area (Å²) in [4.78, 5) is 10.1. The third kappa shape index (κ3) is 4.00. The highest BCUT2D eigenvalue weighted by Gasteiger charge is 2.60. The molecule has 2 unspecified atom stereocenters. The number of nitrogens with zero attached hydrogens (tertiary/aromatic N) is 9. The van der Waals surface area contributed by atoms with E-state index in [1.54, 1.807) is 39.9 Å². The second kappa shape index (κ2) is 8.30. The first kappa shape index (κ1) is 24.4. The Hall–Kier alpha value is -3.90. The second-order valence-corrected chi connectivity index (χ2v) is 9.64. The van der Waals surface area contributed by atoms with E-state index in [0.717, 1.165) is 10.5 Å². The first-order valence-electron chi connectivity index (χ1n) is 11.6. The summed E-state index contributed by atoms with van der Waals surface area (Å²) in [5, 5.41) is 18.1. The van der Waals surface area contributed by atoms with Crippen LogP contribution in [-0.4, -0.2) is 76.7 Å². The zero-order valence-electron chi connectivity index (χ0n) is 19.8. The van der Waals surface area contributed by atoms with Crippen molar-refractivity contribution in [3.63, 3.8) is 0 Å². The monoisotopic (exact) mass is 533 g/mol. The Kier molecular flexibility index (Phi) is 5.34. The van der Waals surface area contributed by atoms with E-state index in [9.17, 15) is 27.2 Å². The van der Waals surface area contributed by atoms with E-state index >= 15 is 0 Å². The Bertz CT molecular complexity index is 1540. The van der Waals surface area contributed by atoms with Crippen molar-refractivity contribution >= 4 is 5.65 Å². The molecule has 2 fully saturated rings. The minimum Gasteiger partial charge on any atom is -0.346 e. The Labute approximate surface area is 211 Å². The van der Waals surface area contributed by atoms with Gasteiger partial charge in [-0.15, -0.1) is 0 Å². The molecule has 0 spiro atoms. The van der Waals surface area contributed by atoms with E-state index in [1.807, 2.05) is 19.2 Å². The number of hydrogen-bond donors (Lipinski definition) is 0. The van der Waals surface area contributed by atoms with Crippen LogP contribution in [0.15, 0.2) is 43.2 Å². The predicted molar refractivity (Wildman–Crippen MR) is 121 cm³/mol. The van der Waals surface area contributed by atoms with Gasteiger partial charge in [0.15, 0.2) is 6.23 Å². The van der Waals surface area contributed by atoms with Crippen LogP contribution < -0.4 is 0 Å². The molecule has 0 aromatic carbocycles. The van der Waals surface area contributed by atoms with Crippen molar-refractivity contribution < 1.29 is 26.7 Å². The fraction of sp³-hybridized carbons (Fsp3) is 0.435. The van der Waals surface area contributed by atoms with Gasteiger partial charge in [-0.05, 0) is 6.92 Å². The van der Waals surface area contributed by atoms with Gasteiger partial charge in [0, 0.05) is 49.5 Å². The number of halogens is 5. The average Bonchev–Trinajstić information content (AvgIpc) is 3.31. The third-order valence-corrected chi connectivity index (χ3v) is 6.83. The maximum atomic E-state index is 13.5. The van der Waals surface area contributed by atoms with Gasteiger partial charge in [0.2, 0.25) is 0 Å². The topological polar surface area (TPSA) is 105 Å².